The molecule has 1 saturated carbocycles. The molecule has 0 atom stereocenters. The van der Waals surface area contributed by atoms with E-state index in [4.69, 9.17) is 9.51 Å². The highest BCUT2D eigenvalue weighted by atomic mass is 16.5. The summed E-state index contributed by atoms with van der Waals surface area (Å²) in [5, 5.41) is 4.14. The number of H-pyrrole nitrogens is 2. The zero-order chi connectivity index (χ0) is 18.0. The molecule has 3 heterocycles. The lowest BCUT2D eigenvalue weighted by Gasteiger charge is -2.08. The van der Waals surface area contributed by atoms with Gasteiger partial charge in [0.15, 0.2) is 0 Å². The van der Waals surface area contributed by atoms with Gasteiger partial charge in [0.2, 0.25) is 0 Å². The molecule has 26 heavy (non-hydrogen) atoms. The maximum absolute atomic E-state index is 5.41. The lowest BCUT2D eigenvalue weighted by Crippen LogP contribution is -1.89. The molecule has 0 radical (unpaired) electrons. The van der Waals surface area contributed by atoms with Crippen LogP contribution in [-0.2, 0) is 0 Å². The maximum atomic E-state index is 5.41. The van der Waals surface area contributed by atoms with Gasteiger partial charge in [0.25, 0.3) is 0 Å². The van der Waals surface area contributed by atoms with Crippen molar-refractivity contribution in [2.75, 3.05) is 0 Å². The highest BCUT2D eigenvalue weighted by Gasteiger charge is 2.28. The molecular formula is C21H22N4O. The number of rotatable bonds is 3. The summed E-state index contributed by atoms with van der Waals surface area (Å²) in [6.45, 7) is 8.21. The third-order valence-corrected chi connectivity index (χ3v) is 5.43. The second-order valence-electron chi connectivity index (χ2n) is 7.49. The standard InChI is InChI=1S/C21H22N4O/c1-10-9-22-11(2)18(10)16-7-15(19-12(3)25-26-13(19)4)8-17-20(16)24-21(23-17)14-5-6-14/h7-9,14,22H,5-6H2,1-4H3,(H,23,24). The van der Waals surface area contributed by atoms with Crippen LogP contribution >= 0.6 is 0 Å². The van der Waals surface area contributed by atoms with Crippen LogP contribution in [0.25, 0.3) is 33.3 Å². The molecule has 132 valence electrons. The Morgan fingerprint density at radius 3 is 2.50 bits per heavy atom. The monoisotopic (exact) mass is 346 g/mol. The first kappa shape index (κ1) is 15.4. The van der Waals surface area contributed by atoms with E-state index in [0.717, 1.165) is 50.7 Å². The van der Waals surface area contributed by atoms with Crippen LogP contribution in [0, 0.1) is 27.7 Å². The Bertz CT molecular complexity index is 1100. The summed E-state index contributed by atoms with van der Waals surface area (Å²) in [7, 11) is 0. The largest absolute Gasteiger partial charge is 0.364 e. The fourth-order valence-corrected chi connectivity index (χ4v) is 3.99. The van der Waals surface area contributed by atoms with Crippen LogP contribution in [-0.4, -0.2) is 20.1 Å². The number of nitrogens with zero attached hydrogens (tertiary/aromatic N) is 2. The molecule has 0 unspecified atom stereocenters. The second-order valence-corrected chi connectivity index (χ2v) is 7.49. The molecular weight excluding hydrogens is 324 g/mol. The minimum Gasteiger partial charge on any atom is -0.364 e. The summed E-state index contributed by atoms with van der Waals surface area (Å²) >= 11 is 0. The van der Waals surface area contributed by atoms with Crippen molar-refractivity contribution in [2.24, 2.45) is 0 Å². The second kappa shape index (κ2) is 5.34. The van der Waals surface area contributed by atoms with Gasteiger partial charge in [-0.3, -0.25) is 0 Å². The normalized spacial score (nSPS) is 14.5. The fourth-order valence-electron chi connectivity index (χ4n) is 3.99. The number of hydrogen-bond donors (Lipinski definition) is 2. The van der Waals surface area contributed by atoms with E-state index in [2.05, 4.69) is 47.3 Å². The molecule has 1 aromatic carbocycles. The lowest BCUT2D eigenvalue weighted by molar-refractivity contribution is 0.393. The number of fused-ring (bicyclic) bond motifs is 1. The molecule has 1 aliphatic rings. The summed E-state index contributed by atoms with van der Waals surface area (Å²) in [6, 6.07) is 4.41. The van der Waals surface area contributed by atoms with Crippen LogP contribution in [0.2, 0.25) is 0 Å². The van der Waals surface area contributed by atoms with Crippen LogP contribution in [0.4, 0.5) is 0 Å². The number of aromatic amines is 2. The molecule has 0 spiro atoms. The van der Waals surface area contributed by atoms with Crippen molar-refractivity contribution in [1.29, 1.82) is 0 Å². The maximum Gasteiger partial charge on any atom is 0.141 e. The van der Waals surface area contributed by atoms with Gasteiger partial charge >= 0.3 is 0 Å². The van der Waals surface area contributed by atoms with Gasteiger partial charge in [-0.1, -0.05) is 5.16 Å². The van der Waals surface area contributed by atoms with E-state index >= 15 is 0 Å². The van der Waals surface area contributed by atoms with Gasteiger partial charge in [0, 0.05) is 34.5 Å². The van der Waals surface area contributed by atoms with Crippen LogP contribution in [0.15, 0.2) is 22.9 Å². The first-order chi connectivity index (χ1) is 12.5. The van der Waals surface area contributed by atoms with E-state index in [9.17, 15) is 0 Å². The van der Waals surface area contributed by atoms with Gasteiger partial charge in [0.05, 0.1) is 16.7 Å². The number of aryl methyl sites for hydroxylation is 4. The molecule has 0 aliphatic heterocycles. The quantitative estimate of drug-likeness (QED) is 0.527. The van der Waals surface area contributed by atoms with E-state index in [1.807, 2.05) is 13.8 Å². The van der Waals surface area contributed by atoms with Crippen LogP contribution in [0.1, 0.15) is 47.3 Å². The molecule has 1 aliphatic carbocycles. The number of hydrogen-bond acceptors (Lipinski definition) is 3. The minimum absolute atomic E-state index is 0.589. The van der Waals surface area contributed by atoms with E-state index in [0.29, 0.717) is 5.92 Å². The SMILES string of the molecule is Cc1c[nH]c(C)c1-c1cc(-c2c(C)noc2C)cc2[nH]c(C3CC3)nc12. The highest BCUT2D eigenvalue weighted by molar-refractivity contribution is 5.97. The molecule has 5 rings (SSSR count). The van der Waals surface area contributed by atoms with E-state index in [1.54, 1.807) is 0 Å². The van der Waals surface area contributed by atoms with Gasteiger partial charge in [-0.15, -0.1) is 0 Å². The Morgan fingerprint density at radius 2 is 1.88 bits per heavy atom. The fraction of sp³-hybridized carbons (Fsp3) is 0.333. The molecule has 2 N–H and O–H groups in total. The Balaban J connectivity index is 1.83. The number of nitrogens with one attached hydrogen (secondary N) is 2. The molecule has 1 fully saturated rings. The van der Waals surface area contributed by atoms with E-state index < -0.39 is 0 Å². The highest BCUT2D eigenvalue weighted by Crippen LogP contribution is 2.42. The third-order valence-electron chi connectivity index (χ3n) is 5.43. The van der Waals surface area contributed by atoms with Crippen molar-refractivity contribution >= 4 is 11.0 Å². The molecule has 4 aromatic rings. The molecule has 5 heteroatoms. The van der Waals surface area contributed by atoms with Gasteiger partial charge < -0.3 is 14.5 Å². The smallest absolute Gasteiger partial charge is 0.141 e. The van der Waals surface area contributed by atoms with Crippen molar-refractivity contribution in [2.45, 2.75) is 46.5 Å². The average Bonchev–Trinajstić information content (AvgIpc) is 3.17. The lowest BCUT2D eigenvalue weighted by atomic mass is 9.95. The Labute approximate surface area is 151 Å². The molecule has 5 nitrogen and oxygen atoms in total. The first-order valence-electron chi connectivity index (χ1n) is 9.14. The Kier molecular flexibility index (Phi) is 3.17. The van der Waals surface area contributed by atoms with Crippen molar-refractivity contribution < 1.29 is 4.52 Å². The summed E-state index contributed by atoms with van der Waals surface area (Å²) in [5.41, 5.74) is 10.0. The van der Waals surface area contributed by atoms with Crippen LogP contribution < -0.4 is 0 Å². The van der Waals surface area contributed by atoms with Gasteiger partial charge in [-0.25, -0.2) is 4.98 Å². The summed E-state index contributed by atoms with van der Waals surface area (Å²) < 4.78 is 5.41. The van der Waals surface area contributed by atoms with Gasteiger partial charge in [0.1, 0.15) is 11.6 Å². The third kappa shape index (κ3) is 2.23. The predicted octanol–water partition coefficient (Wildman–Crippen LogP) is 5.32. The molecule has 0 saturated heterocycles. The van der Waals surface area contributed by atoms with Gasteiger partial charge in [-0.05, 0) is 63.8 Å². The molecule has 3 aromatic heterocycles. The van der Waals surface area contributed by atoms with Crippen molar-refractivity contribution in [3.8, 4) is 22.3 Å². The van der Waals surface area contributed by atoms with E-state index in [1.165, 1.54) is 24.0 Å². The number of aromatic nitrogens is 4. The minimum atomic E-state index is 0.589. The van der Waals surface area contributed by atoms with E-state index in [-0.39, 0.29) is 0 Å². The summed E-state index contributed by atoms with van der Waals surface area (Å²) in [4.78, 5) is 11.9. The first-order valence-corrected chi connectivity index (χ1v) is 9.14. The van der Waals surface area contributed by atoms with Crippen LogP contribution in [0.5, 0.6) is 0 Å². The average molecular weight is 346 g/mol. The number of benzene rings is 1. The molecule has 0 amide bonds. The zero-order valence-electron chi connectivity index (χ0n) is 15.5. The van der Waals surface area contributed by atoms with Crippen molar-refractivity contribution in [3.63, 3.8) is 0 Å². The van der Waals surface area contributed by atoms with Crippen LogP contribution in [0.3, 0.4) is 0 Å². The molecule has 0 bridgehead atoms. The Hall–Kier alpha value is -2.82. The predicted molar refractivity (Wildman–Crippen MR) is 102 cm³/mol. The summed E-state index contributed by atoms with van der Waals surface area (Å²) in [6.07, 6.45) is 4.52. The Morgan fingerprint density at radius 1 is 1.08 bits per heavy atom. The zero-order valence-corrected chi connectivity index (χ0v) is 15.5. The topological polar surface area (TPSA) is 70.5 Å². The van der Waals surface area contributed by atoms with Crippen molar-refractivity contribution in [3.05, 3.63) is 46.9 Å². The number of imidazole rings is 1. The van der Waals surface area contributed by atoms with Crippen molar-refractivity contribution in [1.82, 2.24) is 20.1 Å². The summed E-state index contributed by atoms with van der Waals surface area (Å²) in [5.74, 6) is 2.55. The van der Waals surface area contributed by atoms with Gasteiger partial charge in [-0.2, -0.15) is 0 Å².